The van der Waals surface area contributed by atoms with Crippen LogP contribution < -0.4 is 5.32 Å². The zero-order chi connectivity index (χ0) is 16.9. The van der Waals surface area contributed by atoms with E-state index in [0.717, 1.165) is 12.3 Å². The van der Waals surface area contributed by atoms with Gasteiger partial charge in [-0.2, -0.15) is 11.8 Å². The highest BCUT2D eigenvalue weighted by atomic mass is 35.5. The Kier molecular flexibility index (Phi) is 14.6. The minimum absolute atomic E-state index is 0. The largest absolute Gasteiger partial charge is 0.324 e. The minimum atomic E-state index is 0. The molecule has 1 rings (SSSR count). The number of benzene rings is 1. The average Bonchev–Trinajstić information content (AvgIpc) is 2.55. The maximum atomic E-state index is 11.9. The lowest BCUT2D eigenvalue weighted by Crippen LogP contribution is -2.28. The fourth-order valence-corrected chi connectivity index (χ4v) is 3.18. The van der Waals surface area contributed by atoms with Gasteiger partial charge in [0.2, 0.25) is 5.91 Å². The Bertz CT molecular complexity index is 452. The number of hydrogen-bond acceptors (Lipinski definition) is 3. The van der Waals surface area contributed by atoms with Crippen molar-refractivity contribution in [3.63, 3.8) is 0 Å². The molecule has 0 unspecified atom stereocenters. The summed E-state index contributed by atoms with van der Waals surface area (Å²) in [5.74, 6) is 1.47. The van der Waals surface area contributed by atoms with Gasteiger partial charge in [0.15, 0.2) is 0 Å². The van der Waals surface area contributed by atoms with Crippen LogP contribution in [0.2, 0.25) is 5.02 Å². The van der Waals surface area contributed by atoms with Crippen LogP contribution in [0.15, 0.2) is 24.3 Å². The summed E-state index contributed by atoms with van der Waals surface area (Å²) >= 11 is 7.72. The van der Waals surface area contributed by atoms with Crippen molar-refractivity contribution in [1.82, 2.24) is 4.90 Å². The Morgan fingerprint density at radius 1 is 1.12 bits per heavy atom. The molecule has 0 saturated carbocycles. The van der Waals surface area contributed by atoms with Gasteiger partial charge in [-0.05, 0) is 38.1 Å². The molecule has 1 amide bonds. The number of nitrogens with one attached hydrogen (secondary N) is 1. The second-order valence-electron chi connectivity index (χ2n) is 5.63. The van der Waals surface area contributed by atoms with Gasteiger partial charge < -0.3 is 10.2 Å². The van der Waals surface area contributed by atoms with E-state index >= 15 is 0 Å². The van der Waals surface area contributed by atoms with Crippen LogP contribution in [0.3, 0.4) is 0 Å². The molecule has 0 heterocycles. The number of nitrogens with zero attached hydrogens (tertiary/aromatic N) is 1. The number of carbonyl (C=O) groups excluding carboxylic acids is 1. The van der Waals surface area contributed by atoms with Gasteiger partial charge in [0, 0.05) is 12.3 Å². The predicted octanol–water partition coefficient (Wildman–Crippen LogP) is 5.34. The van der Waals surface area contributed by atoms with E-state index in [1.807, 2.05) is 18.2 Å². The van der Waals surface area contributed by atoms with E-state index in [1.165, 1.54) is 38.8 Å². The summed E-state index contributed by atoms with van der Waals surface area (Å²) in [6, 6.07) is 7.33. The maximum absolute atomic E-state index is 11.9. The summed E-state index contributed by atoms with van der Waals surface area (Å²) in [6.45, 7) is 7.85. The van der Waals surface area contributed by atoms with E-state index in [1.54, 1.807) is 17.8 Å². The second-order valence-corrected chi connectivity index (χ2v) is 7.14. The molecule has 0 saturated heterocycles. The van der Waals surface area contributed by atoms with Crippen molar-refractivity contribution in [3.05, 3.63) is 29.3 Å². The number of amides is 1. The quantitative estimate of drug-likeness (QED) is 0.487. The lowest BCUT2D eigenvalue weighted by molar-refractivity contribution is -0.113. The minimum Gasteiger partial charge on any atom is -0.324 e. The summed E-state index contributed by atoms with van der Waals surface area (Å²) in [5, 5.41) is 3.44. The number of rotatable bonds is 12. The second kappa shape index (κ2) is 14.9. The van der Waals surface area contributed by atoms with Gasteiger partial charge in [0.1, 0.15) is 0 Å². The van der Waals surface area contributed by atoms with Crippen molar-refractivity contribution in [3.8, 4) is 0 Å². The van der Waals surface area contributed by atoms with E-state index in [-0.39, 0.29) is 18.3 Å². The van der Waals surface area contributed by atoms with Crippen LogP contribution in [0.1, 0.15) is 39.5 Å². The first-order chi connectivity index (χ1) is 11.2. The van der Waals surface area contributed by atoms with Crippen LogP contribution in [0.5, 0.6) is 0 Å². The summed E-state index contributed by atoms with van der Waals surface area (Å²) in [4.78, 5) is 14.5. The lowest BCUT2D eigenvalue weighted by Gasteiger charge is -2.21. The van der Waals surface area contributed by atoms with Crippen molar-refractivity contribution >= 4 is 47.4 Å². The Morgan fingerprint density at radius 3 is 2.33 bits per heavy atom. The fraction of sp³-hybridized carbons (Fsp3) is 0.611. The zero-order valence-electron chi connectivity index (χ0n) is 14.7. The van der Waals surface area contributed by atoms with Crippen molar-refractivity contribution in [1.29, 1.82) is 0 Å². The molecular weight excluding hydrogens is 363 g/mol. The highest BCUT2D eigenvalue weighted by molar-refractivity contribution is 7.99. The van der Waals surface area contributed by atoms with Gasteiger partial charge in [0.25, 0.3) is 0 Å². The van der Waals surface area contributed by atoms with E-state index in [9.17, 15) is 4.79 Å². The third kappa shape index (κ3) is 10.4. The van der Waals surface area contributed by atoms with Crippen molar-refractivity contribution < 1.29 is 4.79 Å². The van der Waals surface area contributed by atoms with Gasteiger partial charge in [-0.3, -0.25) is 4.79 Å². The number of anilines is 1. The summed E-state index contributed by atoms with van der Waals surface area (Å²) in [6.07, 6.45) is 4.97. The van der Waals surface area contributed by atoms with E-state index in [2.05, 4.69) is 24.1 Å². The topological polar surface area (TPSA) is 32.3 Å². The summed E-state index contributed by atoms with van der Waals surface area (Å²) in [5.41, 5.74) is 0.687. The van der Waals surface area contributed by atoms with E-state index in [0.29, 0.717) is 16.5 Å². The number of para-hydroxylation sites is 1. The molecule has 0 aliphatic carbocycles. The molecule has 0 spiro atoms. The molecule has 138 valence electrons. The van der Waals surface area contributed by atoms with Gasteiger partial charge in [-0.1, -0.05) is 50.4 Å². The number of halogens is 2. The standard InChI is InChI=1S/C18H29ClN2OS.ClH/c1-3-5-11-21(12-6-4-2)13-14-23-15-18(22)20-17-10-8-7-9-16(17)19;/h7-10H,3-6,11-15H2,1-2H3,(H,20,22);1H. The van der Waals surface area contributed by atoms with Gasteiger partial charge in [-0.15, -0.1) is 12.4 Å². The van der Waals surface area contributed by atoms with Crippen molar-refractivity contribution in [2.75, 3.05) is 36.5 Å². The molecule has 0 aliphatic heterocycles. The smallest absolute Gasteiger partial charge is 0.234 e. The molecular formula is C18H30Cl2N2OS. The molecule has 0 aromatic heterocycles. The molecule has 3 nitrogen and oxygen atoms in total. The van der Waals surface area contributed by atoms with Crippen molar-refractivity contribution in [2.45, 2.75) is 39.5 Å². The molecule has 6 heteroatoms. The highest BCUT2D eigenvalue weighted by Crippen LogP contribution is 2.20. The molecule has 1 aromatic rings. The fourth-order valence-electron chi connectivity index (χ4n) is 2.21. The maximum Gasteiger partial charge on any atom is 0.234 e. The molecule has 1 N–H and O–H groups in total. The third-order valence-electron chi connectivity index (χ3n) is 3.59. The predicted molar refractivity (Wildman–Crippen MR) is 111 cm³/mol. The number of unbranched alkanes of at least 4 members (excludes halogenated alkanes) is 2. The molecule has 0 fully saturated rings. The highest BCUT2D eigenvalue weighted by Gasteiger charge is 2.07. The molecule has 1 aromatic carbocycles. The molecule has 24 heavy (non-hydrogen) atoms. The van der Waals surface area contributed by atoms with Crippen LogP contribution in [0, 0.1) is 0 Å². The monoisotopic (exact) mass is 392 g/mol. The SMILES string of the molecule is CCCCN(CCCC)CCSCC(=O)Nc1ccccc1Cl.Cl. The average molecular weight is 393 g/mol. The first-order valence-corrected chi connectivity index (χ1v) is 10.0. The Balaban J connectivity index is 0.00000529. The normalized spacial score (nSPS) is 10.5. The van der Waals surface area contributed by atoms with Crippen LogP contribution >= 0.6 is 35.8 Å². The van der Waals surface area contributed by atoms with Gasteiger partial charge in [-0.25, -0.2) is 0 Å². The molecule has 0 aliphatic rings. The lowest BCUT2D eigenvalue weighted by atomic mass is 10.2. The number of hydrogen-bond donors (Lipinski definition) is 1. The number of carbonyl (C=O) groups is 1. The summed E-state index contributed by atoms with van der Waals surface area (Å²) < 4.78 is 0. The molecule has 0 radical (unpaired) electrons. The van der Waals surface area contributed by atoms with Crippen molar-refractivity contribution in [2.24, 2.45) is 0 Å². The molecule has 0 bridgehead atoms. The third-order valence-corrected chi connectivity index (χ3v) is 4.86. The Morgan fingerprint density at radius 2 is 1.75 bits per heavy atom. The Labute approximate surface area is 162 Å². The van der Waals surface area contributed by atoms with Gasteiger partial charge >= 0.3 is 0 Å². The first-order valence-electron chi connectivity index (χ1n) is 8.51. The number of thioether (sulfide) groups is 1. The molecule has 0 atom stereocenters. The summed E-state index contributed by atoms with van der Waals surface area (Å²) in [7, 11) is 0. The van der Waals surface area contributed by atoms with Crippen LogP contribution in [-0.2, 0) is 4.79 Å². The van der Waals surface area contributed by atoms with E-state index < -0.39 is 0 Å². The zero-order valence-corrected chi connectivity index (χ0v) is 17.1. The van der Waals surface area contributed by atoms with Crippen LogP contribution in [-0.4, -0.2) is 41.9 Å². The van der Waals surface area contributed by atoms with Crippen LogP contribution in [0.4, 0.5) is 5.69 Å². The van der Waals surface area contributed by atoms with Gasteiger partial charge in [0.05, 0.1) is 16.5 Å². The van der Waals surface area contributed by atoms with E-state index in [4.69, 9.17) is 11.6 Å². The van der Waals surface area contributed by atoms with Crippen LogP contribution in [0.25, 0.3) is 0 Å². The Hall–Kier alpha value is -0.420. The first kappa shape index (κ1) is 23.6.